The van der Waals surface area contributed by atoms with Gasteiger partial charge in [0.1, 0.15) is 13.2 Å². The molecule has 0 fully saturated rings. The minimum atomic E-state index is -3.29. The van der Waals surface area contributed by atoms with Crippen molar-refractivity contribution < 1.29 is 22.7 Å². The van der Waals surface area contributed by atoms with Crippen LogP contribution >= 0.6 is 0 Å². The second kappa shape index (κ2) is 10.2. The lowest BCUT2D eigenvalue weighted by molar-refractivity contribution is -0.128. The number of carbonyl (C=O) groups excluding carboxylic acids is 2. The highest BCUT2D eigenvalue weighted by atomic mass is 32.2. The summed E-state index contributed by atoms with van der Waals surface area (Å²) in [6.45, 7) is 5.09. The molecule has 1 aromatic carbocycles. The van der Waals surface area contributed by atoms with E-state index in [-0.39, 0.29) is 30.9 Å². The third-order valence-electron chi connectivity index (χ3n) is 3.72. The molecule has 146 valence electrons. The lowest BCUT2D eigenvalue weighted by Gasteiger charge is -2.15. The maximum absolute atomic E-state index is 11.8. The Morgan fingerprint density at radius 2 is 1.62 bits per heavy atom. The van der Waals surface area contributed by atoms with Crippen molar-refractivity contribution in [2.45, 2.75) is 31.9 Å². The van der Waals surface area contributed by atoms with E-state index in [4.69, 9.17) is 4.74 Å². The van der Waals surface area contributed by atoms with Gasteiger partial charge in [-0.3, -0.25) is 9.59 Å². The zero-order valence-corrected chi connectivity index (χ0v) is 16.4. The number of likely N-dealkylation sites (N-methyl/N-ethyl adjacent to an activating group) is 1. The van der Waals surface area contributed by atoms with Gasteiger partial charge in [0.05, 0.1) is 5.25 Å². The molecule has 0 saturated carbocycles. The van der Waals surface area contributed by atoms with E-state index in [1.54, 1.807) is 26.0 Å². The fraction of sp³-hybridized carbons (Fsp3) is 0.529. The summed E-state index contributed by atoms with van der Waals surface area (Å²) < 4.78 is 31.2. The molecular weight excluding hydrogens is 358 g/mol. The summed E-state index contributed by atoms with van der Waals surface area (Å²) in [5.41, 5.74) is 1.54. The van der Waals surface area contributed by atoms with Crippen LogP contribution in [0.2, 0.25) is 0 Å². The van der Waals surface area contributed by atoms with Crippen molar-refractivity contribution in [2.24, 2.45) is 0 Å². The smallest absolute Gasteiger partial charge is 0.250 e. The van der Waals surface area contributed by atoms with Crippen LogP contribution in [0.4, 0.5) is 5.69 Å². The summed E-state index contributed by atoms with van der Waals surface area (Å²) in [6.07, 6.45) is 0. The maximum Gasteiger partial charge on any atom is 0.250 e. The summed E-state index contributed by atoms with van der Waals surface area (Å²) in [5, 5.41) is 4.58. The number of benzene rings is 1. The van der Waals surface area contributed by atoms with Gasteiger partial charge in [-0.1, -0.05) is 19.1 Å². The summed E-state index contributed by atoms with van der Waals surface area (Å²) in [4.78, 5) is 22.7. The molecule has 0 aromatic heterocycles. The number of ether oxygens (including phenoxy) is 1. The van der Waals surface area contributed by atoms with Gasteiger partial charge in [0.15, 0.2) is 0 Å². The Bertz CT molecular complexity index is 702. The molecule has 0 aliphatic rings. The number of nitrogens with one attached hydrogen (secondary N) is 3. The zero-order valence-electron chi connectivity index (χ0n) is 15.5. The van der Waals surface area contributed by atoms with E-state index >= 15 is 0 Å². The van der Waals surface area contributed by atoms with Crippen LogP contribution in [-0.2, 0) is 24.3 Å². The highest BCUT2D eigenvalue weighted by molar-refractivity contribution is 7.90. The molecule has 8 nitrogen and oxygen atoms in total. The Labute approximate surface area is 154 Å². The first-order chi connectivity index (χ1) is 12.2. The van der Waals surface area contributed by atoms with E-state index in [1.165, 1.54) is 7.05 Å². The molecule has 0 spiro atoms. The third kappa shape index (κ3) is 7.51. The standard InChI is InChI=1S/C17H27N3O5S/c1-12(2)26(23,24)19-9-13(3)14-5-7-15(8-6-14)20-17(22)11-25-10-16(21)18-4/h5-8,12-13,19H,9-11H2,1-4H3,(H,18,21)(H,20,22). The Balaban J connectivity index is 2.49. The zero-order chi connectivity index (χ0) is 19.7. The van der Waals surface area contributed by atoms with Crippen molar-refractivity contribution in [3.05, 3.63) is 29.8 Å². The predicted molar refractivity (Wildman–Crippen MR) is 100 cm³/mol. The van der Waals surface area contributed by atoms with E-state index in [1.807, 2.05) is 19.1 Å². The number of rotatable bonds is 10. The molecule has 0 aliphatic carbocycles. The third-order valence-corrected chi connectivity index (χ3v) is 5.53. The minimum absolute atomic E-state index is 0.0100. The Morgan fingerprint density at radius 3 is 2.15 bits per heavy atom. The van der Waals surface area contributed by atoms with Crippen molar-refractivity contribution in [3.8, 4) is 0 Å². The summed E-state index contributed by atoms with van der Waals surface area (Å²) in [7, 11) is -1.80. The molecule has 26 heavy (non-hydrogen) atoms. The molecule has 0 bridgehead atoms. The first-order valence-electron chi connectivity index (χ1n) is 8.32. The normalized spacial score (nSPS) is 12.7. The molecule has 9 heteroatoms. The van der Waals surface area contributed by atoms with E-state index < -0.39 is 15.3 Å². The van der Waals surface area contributed by atoms with Crippen molar-refractivity contribution in [1.29, 1.82) is 0 Å². The van der Waals surface area contributed by atoms with E-state index in [9.17, 15) is 18.0 Å². The highest BCUT2D eigenvalue weighted by Crippen LogP contribution is 2.18. The second-order valence-corrected chi connectivity index (χ2v) is 8.50. The van der Waals surface area contributed by atoms with E-state index in [0.29, 0.717) is 12.2 Å². The van der Waals surface area contributed by atoms with Crippen molar-refractivity contribution in [1.82, 2.24) is 10.0 Å². The number of carbonyl (C=O) groups is 2. The fourth-order valence-corrected chi connectivity index (χ4v) is 2.74. The summed E-state index contributed by atoms with van der Waals surface area (Å²) in [6, 6.07) is 7.13. The van der Waals surface area contributed by atoms with Gasteiger partial charge in [-0.05, 0) is 37.5 Å². The Hall–Kier alpha value is -1.97. The van der Waals surface area contributed by atoms with E-state index in [0.717, 1.165) is 5.56 Å². The topological polar surface area (TPSA) is 114 Å². The van der Waals surface area contributed by atoms with Crippen LogP contribution in [0, 0.1) is 0 Å². The van der Waals surface area contributed by atoms with Crippen LogP contribution < -0.4 is 15.4 Å². The van der Waals surface area contributed by atoms with Crippen LogP contribution in [0.5, 0.6) is 0 Å². The highest BCUT2D eigenvalue weighted by Gasteiger charge is 2.17. The van der Waals surface area contributed by atoms with Gasteiger partial charge in [0.2, 0.25) is 21.8 Å². The molecule has 0 aliphatic heterocycles. The van der Waals surface area contributed by atoms with Gasteiger partial charge in [0, 0.05) is 19.3 Å². The summed E-state index contributed by atoms with van der Waals surface area (Å²) >= 11 is 0. The van der Waals surface area contributed by atoms with Gasteiger partial charge in [-0.2, -0.15) is 0 Å². The lowest BCUT2D eigenvalue weighted by atomic mass is 10.0. The van der Waals surface area contributed by atoms with Gasteiger partial charge in [0.25, 0.3) is 0 Å². The molecule has 3 N–H and O–H groups in total. The Morgan fingerprint density at radius 1 is 1.04 bits per heavy atom. The van der Waals surface area contributed by atoms with Crippen LogP contribution in [0.15, 0.2) is 24.3 Å². The van der Waals surface area contributed by atoms with Crippen LogP contribution in [-0.4, -0.2) is 52.3 Å². The largest absolute Gasteiger partial charge is 0.362 e. The molecule has 1 atom stereocenters. The molecule has 2 amide bonds. The van der Waals surface area contributed by atoms with Gasteiger partial charge >= 0.3 is 0 Å². The molecule has 0 saturated heterocycles. The number of anilines is 1. The van der Waals surface area contributed by atoms with Crippen molar-refractivity contribution in [3.63, 3.8) is 0 Å². The SMILES string of the molecule is CNC(=O)COCC(=O)Nc1ccc(C(C)CNS(=O)(=O)C(C)C)cc1. The number of sulfonamides is 1. The average Bonchev–Trinajstić information content (AvgIpc) is 2.60. The Kier molecular flexibility index (Phi) is 8.70. The lowest BCUT2D eigenvalue weighted by Crippen LogP contribution is -2.33. The van der Waals surface area contributed by atoms with Gasteiger partial charge < -0.3 is 15.4 Å². The van der Waals surface area contributed by atoms with Crippen molar-refractivity contribution >= 4 is 27.5 Å². The van der Waals surface area contributed by atoms with E-state index in [2.05, 4.69) is 15.4 Å². The molecule has 1 unspecified atom stereocenters. The average molecular weight is 385 g/mol. The first kappa shape index (κ1) is 22.1. The van der Waals surface area contributed by atoms with Crippen LogP contribution in [0.3, 0.4) is 0 Å². The monoisotopic (exact) mass is 385 g/mol. The minimum Gasteiger partial charge on any atom is -0.362 e. The van der Waals surface area contributed by atoms with Crippen LogP contribution in [0.1, 0.15) is 32.3 Å². The molecule has 0 radical (unpaired) electrons. The molecular formula is C17H27N3O5S. The van der Waals surface area contributed by atoms with Gasteiger partial charge in [-0.25, -0.2) is 13.1 Å². The maximum atomic E-state index is 11.8. The predicted octanol–water partition coefficient (Wildman–Crippen LogP) is 0.819. The van der Waals surface area contributed by atoms with Crippen molar-refractivity contribution in [2.75, 3.05) is 32.1 Å². The second-order valence-electron chi connectivity index (χ2n) is 6.18. The molecule has 0 heterocycles. The van der Waals surface area contributed by atoms with Gasteiger partial charge in [-0.15, -0.1) is 0 Å². The fourth-order valence-electron chi connectivity index (χ4n) is 1.93. The quantitative estimate of drug-likeness (QED) is 0.552. The number of hydrogen-bond donors (Lipinski definition) is 3. The van der Waals surface area contributed by atoms with Crippen LogP contribution in [0.25, 0.3) is 0 Å². The molecule has 1 aromatic rings. The first-order valence-corrected chi connectivity index (χ1v) is 9.87. The number of amides is 2. The molecule has 1 rings (SSSR count). The number of hydrogen-bond acceptors (Lipinski definition) is 5. The summed E-state index contributed by atoms with van der Waals surface area (Å²) in [5.74, 6) is -0.673.